The molecule has 0 unspecified atom stereocenters. The van der Waals surface area contributed by atoms with Crippen molar-refractivity contribution >= 4 is 38.4 Å². The second-order valence-corrected chi connectivity index (χ2v) is 6.04. The molecule has 0 bridgehead atoms. The smallest absolute Gasteiger partial charge is 0.260 e. The monoisotopic (exact) mass is 341 g/mol. The third-order valence-corrected chi connectivity index (χ3v) is 4.46. The Labute approximate surface area is 130 Å². The first-order valence-corrected chi connectivity index (χ1v) is 7.45. The molecule has 21 heavy (non-hydrogen) atoms. The van der Waals surface area contributed by atoms with Gasteiger partial charge in [-0.25, -0.2) is 0 Å². The van der Waals surface area contributed by atoms with E-state index in [4.69, 9.17) is 0 Å². The lowest BCUT2D eigenvalue weighted by Gasteiger charge is -2.16. The highest BCUT2D eigenvalue weighted by Crippen LogP contribution is 2.34. The maximum atomic E-state index is 12.7. The van der Waals surface area contributed by atoms with Crippen LogP contribution in [0.4, 0.5) is 5.82 Å². The summed E-state index contributed by atoms with van der Waals surface area (Å²) in [6.45, 7) is 0.580. The summed E-state index contributed by atoms with van der Waals surface area (Å²) in [5.74, 6) is 0.820. The predicted octanol–water partition coefficient (Wildman–Crippen LogP) is 3.50. The van der Waals surface area contributed by atoms with Crippen LogP contribution >= 0.6 is 15.9 Å². The van der Waals surface area contributed by atoms with Crippen LogP contribution in [0.5, 0.6) is 0 Å². The van der Waals surface area contributed by atoms with Crippen LogP contribution in [-0.4, -0.2) is 15.7 Å². The van der Waals surface area contributed by atoms with Gasteiger partial charge in [0.25, 0.3) is 5.91 Å². The minimum absolute atomic E-state index is 0.0278. The lowest BCUT2D eigenvalue weighted by Crippen LogP contribution is -2.25. The summed E-state index contributed by atoms with van der Waals surface area (Å²) in [6.07, 6.45) is 1.71. The van der Waals surface area contributed by atoms with Gasteiger partial charge in [0.05, 0.1) is 17.2 Å². The fourth-order valence-corrected chi connectivity index (χ4v) is 3.45. The van der Waals surface area contributed by atoms with Crippen LogP contribution in [-0.2, 0) is 13.6 Å². The summed E-state index contributed by atoms with van der Waals surface area (Å²) in [5, 5.41) is 6.44. The topological polar surface area (TPSA) is 38.1 Å². The van der Waals surface area contributed by atoms with E-state index in [1.807, 2.05) is 31.3 Å². The molecule has 0 saturated heterocycles. The zero-order chi connectivity index (χ0) is 14.6. The normalized spacial score (nSPS) is 14.0. The lowest BCUT2D eigenvalue weighted by atomic mass is 10.0. The van der Waals surface area contributed by atoms with Crippen molar-refractivity contribution in [2.24, 2.45) is 7.05 Å². The van der Waals surface area contributed by atoms with Crippen LogP contribution in [0.2, 0.25) is 0 Å². The van der Waals surface area contributed by atoms with E-state index in [1.165, 1.54) is 0 Å². The average molecular weight is 342 g/mol. The van der Waals surface area contributed by atoms with Gasteiger partial charge in [0, 0.05) is 12.6 Å². The fourth-order valence-electron chi connectivity index (χ4n) is 2.88. The van der Waals surface area contributed by atoms with Gasteiger partial charge >= 0.3 is 0 Å². The molecular weight excluding hydrogens is 330 g/mol. The first kappa shape index (κ1) is 12.6. The molecule has 1 aliphatic rings. The molecule has 1 aromatic heterocycles. The van der Waals surface area contributed by atoms with Crippen molar-refractivity contribution in [2.75, 3.05) is 4.90 Å². The van der Waals surface area contributed by atoms with E-state index in [9.17, 15) is 4.79 Å². The second kappa shape index (κ2) is 4.43. The average Bonchev–Trinajstić information content (AvgIpc) is 2.97. The maximum absolute atomic E-state index is 12.7. The zero-order valence-corrected chi connectivity index (χ0v) is 13.0. The zero-order valence-electron chi connectivity index (χ0n) is 11.4. The number of aromatic nitrogens is 2. The Balaban J connectivity index is 1.86. The number of fused-ring (bicyclic) bond motifs is 2. The molecule has 0 radical (unpaired) electrons. The van der Waals surface area contributed by atoms with Crippen molar-refractivity contribution < 1.29 is 4.79 Å². The molecule has 104 valence electrons. The van der Waals surface area contributed by atoms with Crippen molar-refractivity contribution in [2.45, 2.75) is 6.54 Å². The Morgan fingerprint density at radius 1 is 1.19 bits per heavy atom. The molecule has 2 heterocycles. The minimum Gasteiger partial charge on any atom is -0.287 e. The summed E-state index contributed by atoms with van der Waals surface area (Å²) in [7, 11) is 1.84. The van der Waals surface area contributed by atoms with Crippen molar-refractivity contribution in [3.05, 3.63) is 58.2 Å². The van der Waals surface area contributed by atoms with Gasteiger partial charge in [-0.05, 0) is 44.4 Å². The van der Waals surface area contributed by atoms with Crippen LogP contribution < -0.4 is 4.90 Å². The molecule has 0 atom stereocenters. The number of carbonyl (C=O) groups excluding carboxylic acids is 1. The maximum Gasteiger partial charge on any atom is 0.260 e. The van der Waals surface area contributed by atoms with Gasteiger partial charge < -0.3 is 0 Å². The molecule has 2 aromatic carbocycles. The number of nitrogens with zero attached hydrogens (tertiary/aromatic N) is 3. The van der Waals surface area contributed by atoms with Crippen LogP contribution in [0.15, 0.2) is 47.1 Å². The molecule has 3 aromatic rings. The molecule has 0 saturated carbocycles. The van der Waals surface area contributed by atoms with E-state index < -0.39 is 0 Å². The van der Waals surface area contributed by atoms with Gasteiger partial charge in [-0.3, -0.25) is 14.4 Å². The Kier molecular flexibility index (Phi) is 2.65. The van der Waals surface area contributed by atoms with Gasteiger partial charge in [0.1, 0.15) is 5.82 Å². The number of hydrogen-bond acceptors (Lipinski definition) is 2. The Morgan fingerprint density at radius 2 is 1.90 bits per heavy atom. The summed E-state index contributed by atoms with van der Waals surface area (Å²) in [5.41, 5.74) is 1.84. The predicted molar refractivity (Wildman–Crippen MR) is 85.4 cm³/mol. The van der Waals surface area contributed by atoms with E-state index >= 15 is 0 Å². The summed E-state index contributed by atoms with van der Waals surface area (Å²) in [4.78, 5) is 14.5. The van der Waals surface area contributed by atoms with E-state index in [-0.39, 0.29) is 5.91 Å². The highest BCUT2D eigenvalue weighted by Gasteiger charge is 2.31. The fraction of sp³-hybridized carbons (Fsp3) is 0.125. The van der Waals surface area contributed by atoms with Crippen LogP contribution in [0.3, 0.4) is 0 Å². The number of halogens is 1. The van der Waals surface area contributed by atoms with E-state index in [2.05, 4.69) is 33.2 Å². The van der Waals surface area contributed by atoms with Gasteiger partial charge in [-0.2, -0.15) is 5.10 Å². The molecular formula is C16H12BrN3O. The van der Waals surface area contributed by atoms with E-state index in [0.29, 0.717) is 6.54 Å². The van der Waals surface area contributed by atoms with Gasteiger partial charge in [-0.15, -0.1) is 0 Å². The number of anilines is 1. The molecule has 1 aliphatic heterocycles. The summed E-state index contributed by atoms with van der Waals surface area (Å²) < 4.78 is 2.55. The lowest BCUT2D eigenvalue weighted by molar-refractivity contribution is 0.0995. The molecule has 4 rings (SSSR count). The standard InChI is InChI=1S/C16H12BrN3O/c1-19-15(14(17)8-18-19)20-9-12-6-10-4-2-3-5-11(10)7-13(12)16(20)21/h2-8H,9H2,1H3. The first-order valence-electron chi connectivity index (χ1n) is 6.66. The van der Waals surface area contributed by atoms with Gasteiger partial charge in [-0.1, -0.05) is 24.3 Å². The van der Waals surface area contributed by atoms with Crippen molar-refractivity contribution in [3.63, 3.8) is 0 Å². The molecule has 0 aliphatic carbocycles. The van der Waals surface area contributed by atoms with E-state index in [0.717, 1.165) is 32.2 Å². The molecule has 1 amide bonds. The van der Waals surface area contributed by atoms with Gasteiger partial charge in [0.2, 0.25) is 0 Å². The summed E-state index contributed by atoms with van der Waals surface area (Å²) >= 11 is 3.47. The summed E-state index contributed by atoms with van der Waals surface area (Å²) in [6, 6.07) is 12.2. The highest BCUT2D eigenvalue weighted by molar-refractivity contribution is 9.10. The SMILES string of the molecule is Cn1ncc(Br)c1N1Cc2cc3ccccc3cc2C1=O. The number of benzene rings is 2. The van der Waals surface area contributed by atoms with Crippen LogP contribution in [0.25, 0.3) is 10.8 Å². The number of rotatable bonds is 1. The molecule has 0 N–H and O–H groups in total. The van der Waals surface area contributed by atoms with Crippen LogP contribution in [0, 0.1) is 0 Å². The molecule has 5 heteroatoms. The van der Waals surface area contributed by atoms with Crippen molar-refractivity contribution in [1.29, 1.82) is 0 Å². The highest BCUT2D eigenvalue weighted by atomic mass is 79.9. The number of amides is 1. The third kappa shape index (κ3) is 1.81. The third-order valence-electron chi connectivity index (χ3n) is 3.90. The molecule has 0 spiro atoms. The Hall–Kier alpha value is -2.14. The molecule has 0 fully saturated rings. The Bertz CT molecular complexity index is 865. The number of hydrogen-bond donors (Lipinski definition) is 0. The minimum atomic E-state index is 0.0278. The second-order valence-electron chi connectivity index (χ2n) is 5.19. The number of aryl methyl sites for hydroxylation is 1. The van der Waals surface area contributed by atoms with Crippen LogP contribution in [0.1, 0.15) is 15.9 Å². The number of carbonyl (C=O) groups is 1. The molecule has 4 nitrogen and oxygen atoms in total. The largest absolute Gasteiger partial charge is 0.287 e. The quantitative estimate of drug-likeness (QED) is 0.679. The van der Waals surface area contributed by atoms with Crippen molar-refractivity contribution in [1.82, 2.24) is 9.78 Å². The first-order chi connectivity index (χ1) is 10.1. The van der Waals surface area contributed by atoms with Gasteiger partial charge in [0.15, 0.2) is 0 Å². The Morgan fingerprint density at radius 3 is 2.57 bits per heavy atom. The van der Waals surface area contributed by atoms with Crippen molar-refractivity contribution in [3.8, 4) is 0 Å². The van der Waals surface area contributed by atoms with E-state index in [1.54, 1.807) is 15.8 Å².